The van der Waals surface area contributed by atoms with Crippen LogP contribution in [0.5, 0.6) is 5.75 Å². The Kier molecular flexibility index (Phi) is 2.96. The molecule has 0 bridgehead atoms. The molecule has 1 N–H and O–H groups in total. The van der Waals surface area contributed by atoms with Gasteiger partial charge in [0.25, 0.3) is 5.91 Å². The molecular weight excluding hydrogens is 230 g/mol. The number of carbonyl (C=O) groups is 1. The van der Waals surface area contributed by atoms with Crippen molar-refractivity contribution >= 4 is 5.91 Å². The van der Waals surface area contributed by atoms with Crippen LogP contribution < -0.4 is 4.74 Å². The molecule has 1 aromatic carbocycles. The highest BCUT2D eigenvalue weighted by atomic mass is 16.5. The maximum absolute atomic E-state index is 12.2. The van der Waals surface area contributed by atoms with Gasteiger partial charge in [-0.3, -0.25) is 4.79 Å². The van der Waals surface area contributed by atoms with Gasteiger partial charge in [0.2, 0.25) is 0 Å². The van der Waals surface area contributed by atoms with E-state index in [2.05, 4.69) is 0 Å². The third-order valence-electron chi connectivity index (χ3n) is 3.44. The number of β-amino-alcohol motifs (C(OH)–C–C–N with tert-alkyl or cyclic N) is 1. The molecule has 4 nitrogen and oxygen atoms in total. The quantitative estimate of drug-likeness (QED) is 0.872. The molecule has 0 spiro atoms. The Bertz CT molecular complexity index is 450. The van der Waals surface area contributed by atoms with Crippen LogP contribution in [-0.2, 0) is 0 Å². The topological polar surface area (TPSA) is 49.8 Å². The summed E-state index contributed by atoms with van der Waals surface area (Å²) in [5.74, 6) is 1.28. The molecular formula is C14H17NO3. The van der Waals surface area contributed by atoms with Crippen molar-refractivity contribution in [3.63, 3.8) is 0 Å². The summed E-state index contributed by atoms with van der Waals surface area (Å²) in [6.45, 7) is 1.55. The van der Waals surface area contributed by atoms with Gasteiger partial charge in [-0.1, -0.05) is 12.1 Å². The number of carbonyl (C=O) groups excluding carboxylic acids is 1. The molecule has 3 rings (SSSR count). The SMILES string of the molecule is O=C(c1ccccc1OCC1CC1)N1CC(O)C1. The largest absolute Gasteiger partial charge is 0.492 e. The molecule has 1 aromatic rings. The number of aliphatic hydroxyl groups is 1. The summed E-state index contributed by atoms with van der Waals surface area (Å²) in [7, 11) is 0. The predicted octanol–water partition coefficient (Wildman–Crippen LogP) is 1.29. The lowest BCUT2D eigenvalue weighted by Crippen LogP contribution is -2.53. The Morgan fingerprint density at radius 3 is 2.72 bits per heavy atom. The van der Waals surface area contributed by atoms with Crippen molar-refractivity contribution in [1.29, 1.82) is 0 Å². The summed E-state index contributed by atoms with van der Waals surface area (Å²) in [6, 6.07) is 7.35. The molecule has 18 heavy (non-hydrogen) atoms. The smallest absolute Gasteiger partial charge is 0.257 e. The molecule has 0 aromatic heterocycles. The van der Waals surface area contributed by atoms with Gasteiger partial charge in [0.1, 0.15) is 5.75 Å². The monoisotopic (exact) mass is 247 g/mol. The highest BCUT2D eigenvalue weighted by Crippen LogP contribution is 2.30. The van der Waals surface area contributed by atoms with Crippen molar-refractivity contribution in [3.8, 4) is 5.75 Å². The van der Waals surface area contributed by atoms with Crippen molar-refractivity contribution < 1.29 is 14.6 Å². The minimum atomic E-state index is -0.367. The maximum atomic E-state index is 12.2. The van der Waals surface area contributed by atoms with E-state index in [0.717, 1.165) is 0 Å². The van der Waals surface area contributed by atoms with Crippen LogP contribution in [-0.4, -0.2) is 41.7 Å². The summed E-state index contributed by atoms with van der Waals surface area (Å²) in [5.41, 5.74) is 0.602. The first-order valence-corrected chi connectivity index (χ1v) is 6.43. The van der Waals surface area contributed by atoms with Crippen LogP contribution in [0.3, 0.4) is 0 Å². The Morgan fingerprint density at radius 1 is 1.33 bits per heavy atom. The zero-order valence-corrected chi connectivity index (χ0v) is 10.2. The average Bonchev–Trinajstić information content (AvgIpc) is 3.16. The van der Waals surface area contributed by atoms with Crippen LogP contribution in [0.2, 0.25) is 0 Å². The third kappa shape index (κ3) is 2.34. The van der Waals surface area contributed by atoms with Crippen LogP contribution in [0.1, 0.15) is 23.2 Å². The first kappa shape index (κ1) is 11.5. The number of nitrogens with zero attached hydrogens (tertiary/aromatic N) is 1. The molecule has 96 valence electrons. The Balaban J connectivity index is 1.71. The van der Waals surface area contributed by atoms with E-state index in [-0.39, 0.29) is 12.0 Å². The maximum Gasteiger partial charge on any atom is 0.257 e. The van der Waals surface area contributed by atoms with Gasteiger partial charge in [-0.15, -0.1) is 0 Å². The van der Waals surface area contributed by atoms with Gasteiger partial charge in [-0.05, 0) is 30.9 Å². The molecule has 1 heterocycles. The van der Waals surface area contributed by atoms with Gasteiger partial charge in [0.15, 0.2) is 0 Å². The standard InChI is InChI=1S/C14H17NO3/c16-11-7-15(8-11)14(17)12-3-1-2-4-13(12)18-9-10-5-6-10/h1-4,10-11,16H,5-9H2. The van der Waals surface area contributed by atoms with Crippen LogP contribution in [0.15, 0.2) is 24.3 Å². The number of likely N-dealkylation sites (tertiary alicyclic amines) is 1. The van der Waals surface area contributed by atoms with Gasteiger partial charge < -0.3 is 14.7 Å². The fourth-order valence-electron chi connectivity index (χ4n) is 2.05. The number of benzene rings is 1. The summed E-state index contributed by atoms with van der Waals surface area (Å²) >= 11 is 0. The fraction of sp³-hybridized carbons (Fsp3) is 0.500. The van der Waals surface area contributed by atoms with E-state index in [9.17, 15) is 9.90 Å². The second-order valence-electron chi connectivity index (χ2n) is 5.11. The summed E-state index contributed by atoms with van der Waals surface area (Å²) < 4.78 is 5.72. The predicted molar refractivity (Wildman–Crippen MR) is 66.6 cm³/mol. The zero-order chi connectivity index (χ0) is 12.5. The second kappa shape index (κ2) is 4.61. The highest BCUT2D eigenvalue weighted by molar-refractivity contribution is 5.97. The van der Waals surface area contributed by atoms with Crippen molar-refractivity contribution in [3.05, 3.63) is 29.8 Å². The number of amides is 1. The first-order valence-electron chi connectivity index (χ1n) is 6.43. The van der Waals surface area contributed by atoms with Gasteiger partial charge in [0.05, 0.1) is 18.3 Å². The van der Waals surface area contributed by atoms with E-state index in [1.165, 1.54) is 12.8 Å². The first-order chi connectivity index (χ1) is 8.74. The minimum absolute atomic E-state index is 0.0494. The molecule has 2 aliphatic rings. The van der Waals surface area contributed by atoms with E-state index in [0.29, 0.717) is 36.9 Å². The average molecular weight is 247 g/mol. The minimum Gasteiger partial charge on any atom is -0.492 e. The lowest BCUT2D eigenvalue weighted by Gasteiger charge is -2.36. The van der Waals surface area contributed by atoms with E-state index in [1.54, 1.807) is 11.0 Å². The fourth-order valence-corrected chi connectivity index (χ4v) is 2.05. The number of ether oxygens (including phenoxy) is 1. The molecule has 1 aliphatic carbocycles. The summed E-state index contributed by atoms with van der Waals surface area (Å²) in [6.07, 6.45) is 2.09. The van der Waals surface area contributed by atoms with Crippen LogP contribution >= 0.6 is 0 Å². The molecule has 4 heteroatoms. The summed E-state index contributed by atoms with van der Waals surface area (Å²) in [5, 5.41) is 9.24. The number of hydrogen-bond donors (Lipinski definition) is 1. The van der Waals surface area contributed by atoms with Crippen LogP contribution in [0, 0.1) is 5.92 Å². The Morgan fingerprint density at radius 2 is 2.06 bits per heavy atom. The van der Waals surface area contributed by atoms with E-state index < -0.39 is 0 Å². The van der Waals surface area contributed by atoms with Gasteiger partial charge in [-0.2, -0.15) is 0 Å². The summed E-state index contributed by atoms with van der Waals surface area (Å²) in [4.78, 5) is 13.8. The van der Waals surface area contributed by atoms with Crippen molar-refractivity contribution in [1.82, 2.24) is 4.90 Å². The highest BCUT2D eigenvalue weighted by Gasteiger charge is 2.31. The lowest BCUT2D eigenvalue weighted by molar-refractivity contribution is 0.00564. The normalized spacial score (nSPS) is 19.5. The van der Waals surface area contributed by atoms with Gasteiger partial charge >= 0.3 is 0 Å². The Hall–Kier alpha value is -1.55. The van der Waals surface area contributed by atoms with Crippen LogP contribution in [0.4, 0.5) is 0 Å². The lowest BCUT2D eigenvalue weighted by atomic mass is 10.1. The van der Waals surface area contributed by atoms with Crippen molar-refractivity contribution in [2.24, 2.45) is 5.92 Å². The third-order valence-corrected chi connectivity index (χ3v) is 3.44. The van der Waals surface area contributed by atoms with Gasteiger partial charge in [0, 0.05) is 13.1 Å². The van der Waals surface area contributed by atoms with E-state index in [4.69, 9.17) is 4.74 Å². The molecule has 1 aliphatic heterocycles. The molecule has 1 amide bonds. The van der Waals surface area contributed by atoms with Crippen molar-refractivity contribution in [2.75, 3.05) is 19.7 Å². The zero-order valence-electron chi connectivity index (χ0n) is 10.2. The van der Waals surface area contributed by atoms with E-state index in [1.807, 2.05) is 18.2 Å². The number of aliphatic hydroxyl groups excluding tert-OH is 1. The molecule has 1 saturated heterocycles. The Labute approximate surface area is 106 Å². The number of rotatable bonds is 4. The van der Waals surface area contributed by atoms with Crippen molar-refractivity contribution in [2.45, 2.75) is 18.9 Å². The number of hydrogen-bond acceptors (Lipinski definition) is 3. The molecule has 2 fully saturated rings. The number of para-hydroxylation sites is 1. The second-order valence-corrected chi connectivity index (χ2v) is 5.11. The molecule has 0 atom stereocenters. The molecule has 1 saturated carbocycles. The molecule has 0 unspecified atom stereocenters. The van der Waals surface area contributed by atoms with E-state index >= 15 is 0 Å². The van der Waals surface area contributed by atoms with Crippen LogP contribution in [0.25, 0.3) is 0 Å². The van der Waals surface area contributed by atoms with Gasteiger partial charge in [-0.25, -0.2) is 0 Å². The molecule has 0 radical (unpaired) electrons.